The van der Waals surface area contributed by atoms with Crippen molar-refractivity contribution in [2.24, 2.45) is 0 Å². The highest BCUT2D eigenvalue weighted by molar-refractivity contribution is 6.31. The molecule has 0 spiro atoms. The maximum absolute atomic E-state index is 13.1. The van der Waals surface area contributed by atoms with Gasteiger partial charge in [0.25, 0.3) is 5.91 Å². The molecule has 0 aliphatic carbocycles. The van der Waals surface area contributed by atoms with Crippen LogP contribution in [0.2, 0.25) is 5.02 Å². The minimum Gasteiger partial charge on any atom is -0.489 e. The van der Waals surface area contributed by atoms with E-state index in [9.17, 15) is 10.1 Å². The average molecular weight is 523 g/mol. The summed E-state index contributed by atoms with van der Waals surface area (Å²) in [5.74, 6) is 0.430. The molecular formula is C31H27ClN4O2. The van der Waals surface area contributed by atoms with Gasteiger partial charge in [0, 0.05) is 41.0 Å². The number of ether oxygens (including phenoxy) is 1. The Balaban J connectivity index is 1.50. The second kappa shape index (κ2) is 11.8. The highest BCUT2D eigenvalue weighted by atomic mass is 35.5. The van der Waals surface area contributed by atoms with Gasteiger partial charge in [-0.2, -0.15) is 10.4 Å². The molecule has 0 N–H and O–H groups in total. The monoisotopic (exact) mass is 522 g/mol. The van der Waals surface area contributed by atoms with Gasteiger partial charge in [0.05, 0.1) is 5.69 Å². The molecule has 1 aromatic heterocycles. The van der Waals surface area contributed by atoms with Crippen LogP contribution in [-0.4, -0.2) is 33.7 Å². The summed E-state index contributed by atoms with van der Waals surface area (Å²) >= 11 is 6.29. The van der Waals surface area contributed by atoms with Crippen LogP contribution in [0.3, 0.4) is 0 Å². The zero-order valence-electron chi connectivity index (χ0n) is 20.9. The molecule has 4 aromatic rings. The van der Waals surface area contributed by atoms with E-state index in [2.05, 4.69) is 6.07 Å². The molecule has 5 rings (SSSR count). The number of amides is 1. The number of nitrogens with zero attached hydrogens (tertiary/aromatic N) is 4. The molecule has 1 aliphatic rings. The first-order chi connectivity index (χ1) is 18.6. The molecule has 0 bridgehead atoms. The van der Waals surface area contributed by atoms with Crippen LogP contribution in [0.4, 0.5) is 0 Å². The van der Waals surface area contributed by atoms with E-state index in [0.717, 1.165) is 36.1 Å². The Morgan fingerprint density at radius 1 is 1.00 bits per heavy atom. The lowest BCUT2D eigenvalue weighted by Gasteiger charge is -2.26. The zero-order valence-corrected chi connectivity index (χ0v) is 21.6. The van der Waals surface area contributed by atoms with Crippen LogP contribution >= 0.6 is 11.6 Å². The summed E-state index contributed by atoms with van der Waals surface area (Å²) in [6, 6.07) is 27.1. The molecule has 1 amide bonds. The van der Waals surface area contributed by atoms with Gasteiger partial charge in [-0.05, 0) is 55.7 Å². The van der Waals surface area contributed by atoms with E-state index in [1.165, 1.54) is 0 Å². The Morgan fingerprint density at radius 2 is 1.76 bits per heavy atom. The number of likely N-dealkylation sites (tertiary alicyclic amines) is 1. The van der Waals surface area contributed by atoms with Crippen LogP contribution in [0.1, 0.15) is 30.4 Å². The van der Waals surface area contributed by atoms with E-state index < -0.39 is 0 Å². The standard InChI is InChI=1S/C31H27ClN4O2/c32-29-15-6-5-10-24(29)22-38-28-14-9-11-23(19-28)30-26(21-36(34-30)27-12-3-1-4-13-27)18-25(20-33)31(37)35-16-7-2-8-17-35/h1,3-6,9-15,18-19,21H,2,7-8,16-17,22H2/b25-18-. The number of nitriles is 1. The number of piperidine rings is 1. The number of hydrogen-bond donors (Lipinski definition) is 0. The van der Waals surface area contributed by atoms with Crippen molar-refractivity contribution in [2.45, 2.75) is 25.9 Å². The largest absolute Gasteiger partial charge is 0.489 e. The summed E-state index contributed by atoms with van der Waals surface area (Å²) in [5, 5.41) is 15.4. The third-order valence-electron chi connectivity index (χ3n) is 6.52. The fraction of sp³-hybridized carbons (Fsp3) is 0.194. The maximum atomic E-state index is 13.1. The van der Waals surface area contributed by atoms with Crippen molar-refractivity contribution >= 4 is 23.6 Å². The second-order valence-corrected chi connectivity index (χ2v) is 9.55. The van der Waals surface area contributed by atoms with Crippen LogP contribution in [0.15, 0.2) is 90.6 Å². The molecule has 7 heteroatoms. The predicted octanol–water partition coefficient (Wildman–Crippen LogP) is 6.69. The lowest BCUT2D eigenvalue weighted by atomic mass is 10.0. The van der Waals surface area contributed by atoms with E-state index in [4.69, 9.17) is 21.4 Å². The quantitative estimate of drug-likeness (QED) is 0.200. The molecule has 0 unspecified atom stereocenters. The summed E-state index contributed by atoms with van der Waals surface area (Å²) in [6.07, 6.45) is 6.53. The molecular weight excluding hydrogens is 496 g/mol. The molecule has 0 atom stereocenters. The molecule has 6 nitrogen and oxygen atoms in total. The maximum Gasteiger partial charge on any atom is 0.264 e. The summed E-state index contributed by atoms with van der Waals surface area (Å²) in [4.78, 5) is 14.9. The minimum atomic E-state index is -0.234. The zero-order chi connectivity index (χ0) is 26.3. The minimum absolute atomic E-state index is 0.104. The molecule has 190 valence electrons. The van der Waals surface area contributed by atoms with E-state index in [1.54, 1.807) is 15.7 Å². The first-order valence-corrected chi connectivity index (χ1v) is 13.0. The number of benzene rings is 3. The van der Waals surface area contributed by atoms with Crippen molar-refractivity contribution in [3.05, 3.63) is 107 Å². The van der Waals surface area contributed by atoms with Gasteiger partial charge in [-0.1, -0.05) is 60.1 Å². The van der Waals surface area contributed by atoms with E-state index in [1.807, 2.05) is 85.1 Å². The smallest absolute Gasteiger partial charge is 0.264 e. The van der Waals surface area contributed by atoms with Gasteiger partial charge < -0.3 is 9.64 Å². The van der Waals surface area contributed by atoms with Gasteiger partial charge in [-0.15, -0.1) is 0 Å². The molecule has 1 fully saturated rings. The molecule has 0 saturated carbocycles. The van der Waals surface area contributed by atoms with Crippen LogP contribution in [0.25, 0.3) is 23.0 Å². The Bertz CT molecular complexity index is 1500. The van der Waals surface area contributed by atoms with E-state index in [-0.39, 0.29) is 11.5 Å². The van der Waals surface area contributed by atoms with Gasteiger partial charge >= 0.3 is 0 Å². The normalized spacial score (nSPS) is 13.7. The van der Waals surface area contributed by atoms with E-state index >= 15 is 0 Å². The molecule has 2 heterocycles. The van der Waals surface area contributed by atoms with Crippen molar-refractivity contribution < 1.29 is 9.53 Å². The fourth-order valence-electron chi connectivity index (χ4n) is 4.50. The van der Waals surface area contributed by atoms with Crippen molar-refractivity contribution in [3.63, 3.8) is 0 Å². The Morgan fingerprint density at radius 3 is 2.53 bits per heavy atom. The molecule has 38 heavy (non-hydrogen) atoms. The fourth-order valence-corrected chi connectivity index (χ4v) is 4.69. The van der Waals surface area contributed by atoms with Gasteiger partial charge in [0.2, 0.25) is 0 Å². The highest BCUT2D eigenvalue weighted by Gasteiger charge is 2.22. The Kier molecular flexibility index (Phi) is 7.86. The third-order valence-corrected chi connectivity index (χ3v) is 6.89. The summed E-state index contributed by atoms with van der Waals surface area (Å²) < 4.78 is 7.80. The average Bonchev–Trinajstić information content (AvgIpc) is 3.40. The van der Waals surface area contributed by atoms with Crippen LogP contribution in [0, 0.1) is 11.3 Å². The molecule has 3 aromatic carbocycles. The number of carbonyl (C=O) groups is 1. The SMILES string of the molecule is N#C/C(=C/c1cn(-c2ccccc2)nc1-c1cccc(OCc2ccccc2Cl)c1)C(=O)N1CCCCC1. The topological polar surface area (TPSA) is 71.1 Å². The van der Waals surface area contributed by atoms with Gasteiger partial charge in [0.1, 0.15) is 29.7 Å². The number of aromatic nitrogens is 2. The second-order valence-electron chi connectivity index (χ2n) is 9.14. The lowest BCUT2D eigenvalue weighted by molar-refractivity contribution is -0.127. The summed E-state index contributed by atoms with van der Waals surface area (Å²) in [5.41, 5.74) is 4.01. The van der Waals surface area contributed by atoms with E-state index in [0.29, 0.717) is 41.7 Å². The van der Waals surface area contributed by atoms with Crippen molar-refractivity contribution in [1.29, 1.82) is 5.26 Å². The van der Waals surface area contributed by atoms with Gasteiger partial charge in [0.15, 0.2) is 0 Å². The number of para-hydroxylation sites is 1. The molecule has 0 radical (unpaired) electrons. The predicted molar refractivity (Wildman–Crippen MR) is 149 cm³/mol. The van der Waals surface area contributed by atoms with Crippen LogP contribution in [-0.2, 0) is 11.4 Å². The first-order valence-electron chi connectivity index (χ1n) is 12.6. The van der Waals surface area contributed by atoms with Crippen LogP contribution < -0.4 is 4.74 Å². The van der Waals surface area contributed by atoms with Crippen molar-refractivity contribution in [2.75, 3.05) is 13.1 Å². The Labute approximate surface area is 227 Å². The lowest BCUT2D eigenvalue weighted by Crippen LogP contribution is -2.36. The van der Waals surface area contributed by atoms with Gasteiger partial charge in [-0.3, -0.25) is 4.79 Å². The molecule has 1 aliphatic heterocycles. The van der Waals surface area contributed by atoms with Crippen molar-refractivity contribution in [1.82, 2.24) is 14.7 Å². The number of carbonyl (C=O) groups excluding carboxylic acids is 1. The summed E-state index contributed by atoms with van der Waals surface area (Å²) in [6.45, 7) is 1.69. The molecule has 1 saturated heterocycles. The van der Waals surface area contributed by atoms with Crippen molar-refractivity contribution in [3.8, 4) is 28.8 Å². The number of rotatable bonds is 7. The van der Waals surface area contributed by atoms with Crippen LogP contribution in [0.5, 0.6) is 5.75 Å². The van der Waals surface area contributed by atoms with Gasteiger partial charge in [-0.25, -0.2) is 4.68 Å². The third kappa shape index (κ3) is 5.80. The highest BCUT2D eigenvalue weighted by Crippen LogP contribution is 2.29. The Hall–Kier alpha value is -4.34. The number of hydrogen-bond acceptors (Lipinski definition) is 4. The first kappa shape index (κ1) is 25.3. The number of halogens is 1. The summed E-state index contributed by atoms with van der Waals surface area (Å²) in [7, 11) is 0.